The lowest BCUT2D eigenvalue weighted by Gasteiger charge is -2.44. The number of piperidine rings is 2. The molecule has 2 saturated heterocycles. The Balaban J connectivity index is 0.000000853. The number of likely N-dealkylation sites (tertiary alicyclic amines) is 1. The summed E-state index contributed by atoms with van der Waals surface area (Å²) in [5, 5.41) is 3.49. The summed E-state index contributed by atoms with van der Waals surface area (Å²) in [6.45, 7) is 5.32. The molecule has 0 aromatic rings. The van der Waals surface area contributed by atoms with Crippen molar-refractivity contribution in [2.75, 3.05) is 26.2 Å². The van der Waals surface area contributed by atoms with E-state index in [1.165, 1.54) is 64.7 Å². The average Bonchev–Trinajstić information content (AvgIpc) is 3.04. The van der Waals surface area contributed by atoms with E-state index in [0.29, 0.717) is 0 Å². The molecule has 3 heteroatoms. The Labute approximate surface area is 99.2 Å². The van der Waals surface area contributed by atoms with Gasteiger partial charge in [-0.25, -0.2) is 0 Å². The molecule has 3 aliphatic rings. The van der Waals surface area contributed by atoms with E-state index in [0.717, 1.165) is 11.5 Å². The lowest BCUT2D eigenvalue weighted by Crippen LogP contribution is -2.46. The summed E-state index contributed by atoms with van der Waals surface area (Å²) < 4.78 is 0. The first-order valence-electron chi connectivity index (χ1n) is 6.33. The molecule has 88 valence electrons. The Hall–Kier alpha value is 0.210. The molecule has 1 saturated carbocycles. The fourth-order valence-electron chi connectivity index (χ4n) is 3.26. The van der Waals surface area contributed by atoms with E-state index in [1.807, 2.05) is 0 Å². The summed E-state index contributed by atoms with van der Waals surface area (Å²) in [4.78, 5) is 2.74. The number of hydrogen-bond donors (Lipinski definition) is 1. The third-order valence-corrected chi connectivity index (χ3v) is 4.59. The van der Waals surface area contributed by atoms with Crippen molar-refractivity contribution in [1.29, 1.82) is 0 Å². The first kappa shape index (κ1) is 11.7. The molecule has 15 heavy (non-hydrogen) atoms. The van der Waals surface area contributed by atoms with Crippen LogP contribution in [0.1, 0.15) is 38.5 Å². The third kappa shape index (κ3) is 2.48. The maximum absolute atomic E-state index is 3.49. The second kappa shape index (κ2) is 4.60. The third-order valence-electron chi connectivity index (χ3n) is 4.59. The molecule has 0 aromatic carbocycles. The monoisotopic (exact) mass is 230 g/mol. The van der Waals surface area contributed by atoms with Crippen LogP contribution in [-0.4, -0.2) is 37.1 Å². The lowest BCUT2D eigenvalue weighted by atomic mass is 9.71. The van der Waals surface area contributed by atoms with Gasteiger partial charge in [-0.2, -0.15) is 0 Å². The fraction of sp³-hybridized carbons (Fsp3) is 1.00. The van der Waals surface area contributed by atoms with Gasteiger partial charge in [-0.15, -0.1) is 12.4 Å². The zero-order chi connectivity index (χ0) is 9.43. The van der Waals surface area contributed by atoms with Crippen molar-refractivity contribution in [3.05, 3.63) is 0 Å². The molecule has 0 bridgehead atoms. The minimum Gasteiger partial charge on any atom is -0.317 e. The van der Waals surface area contributed by atoms with Crippen LogP contribution in [0.25, 0.3) is 0 Å². The Morgan fingerprint density at radius 1 is 0.933 bits per heavy atom. The van der Waals surface area contributed by atoms with E-state index in [4.69, 9.17) is 0 Å². The van der Waals surface area contributed by atoms with Crippen LogP contribution < -0.4 is 5.32 Å². The summed E-state index contributed by atoms with van der Waals surface area (Å²) >= 11 is 0. The Morgan fingerprint density at radius 2 is 1.53 bits per heavy atom. The Morgan fingerprint density at radius 3 is 2.07 bits per heavy atom. The largest absolute Gasteiger partial charge is 0.317 e. The molecule has 0 unspecified atom stereocenters. The Bertz CT molecular complexity index is 200. The van der Waals surface area contributed by atoms with Gasteiger partial charge in [0.05, 0.1) is 0 Å². The van der Waals surface area contributed by atoms with Crippen LogP contribution in [-0.2, 0) is 0 Å². The zero-order valence-corrected chi connectivity index (χ0v) is 10.3. The van der Waals surface area contributed by atoms with Crippen LogP contribution in [0.3, 0.4) is 0 Å². The summed E-state index contributed by atoms with van der Waals surface area (Å²) in [6.07, 6.45) is 8.79. The highest BCUT2D eigenvalue weighted by molar-refractivity contribution is 5.85. The summed E-state index contributed by atoms with van der Waals surface area (Å²) in [7, 11) is 0. The molecule has 1 N–H and O–H groups in total. The molecule has 1 spiro atoms. The summed E-state index contributed by atoms with van der Waals surface area (Å²) in [6, 6.07) is 0.995. The molecule has 2 aliphatic heterocycles. The molecule has 0 atom stereocenters. The molecule has 2 nitrogen and oxygen atoms in total. The minimum atomic E-state index is 0. The van der Waals surface area contributed by atoms with Gasteiger partial charge in [0, 0.05) is 6.04 Å². The van der Waals surface area contributed by atoms with Gasteiger partial charge in [-0.05, 0) is 70.1 Å². The van der Waals surface area contributed by atoms with Gasteiger partial charge < -0.3 is 10.2 Å². The van der Waals surface area contributed by atoms with E-state index in [9.17, 15) is 0 Å². The van der Waals surface area contributed by atoms with Gasteiger partial charge >= 0.3 is 0 Å². The molecule has 1 aliphatic carbocycles. The fourth-order valence-corrected chi connectivity index (χ4v) is 3.26. The van der Waals surface area contributed by atoms with Crippen LogP contribution in [0.15, 0.2) is 0 Å². The van der Waals surface area contributed by atoms with Crippen molar-refractivity contribution in [1.82, 2.24) is 10.2 Å². The standard InChI is InChI=1S/C12H22N2.ClH/c1-2-11(1)14-9-5-12(6-10-14)3-7-13-8-4-12;/h11,13H,1-10H2;1H. The number of halogens is 1. The first-order valence-corrected chi connectivity index (χ1v) is 6.33. The smallest absolute Gasteiger partial charge is 0.00964 e. The lowest BCUT2D eigenvalue weighted by molar-refractivity contribution is 0.0699. The van der Waals surface area contributed by atoms with Crippen molar-refractivity contribution in [3.8, 4) is 0 Å². The number of nitrogens with zero attached hydrogens (tertiary/aromatic N) is 1. The highest BCUT2D eigenvalue weighted by Crippen LogP contribution is 2.41. The zero-order valence-electron chi connectivity index (χ0n) is 9.50. The van der Waals surface area contributed by atoms with Crippen LogP contribution in [0.4, 0.5) is 0 Å². The number of nitrogens with one attached hydrogen (secondary N) is 1. The van der Waals surface area contributed by atoms with Crippen LogP contribution in [0.2, 0.25) is 0 Å². The van der Waals surface area contributed by atoms with Crippen molar-refractivity contribution in [2.24, 2.45) is 5.41 Å². The molecule has 0 amide bonds. The van der Waals surface area contributed by atoms with Gasteiger partial charge in [-0.1, -0.05) is 0 Å². The SMILES string of the molecule is C1CC2(CCN1)CCN(C1CC1)CC2.Cl. The van der Waals surface area contributed by atoms with E-state index >= 15 is 0 Å². The van der Waals surface area contributed by atoms with Crippen LogP contribution in [0, 0.1) is 5.41 Å². The van der Waals surface area contributed by atoms with Gasteiger partial charge in [-0.3, -0.25) is 0 Å². The van der Waals surface area contributed by atoms with Crippen LogP contribution in [0.5, 0.6) is 0 Å². The normalized spacial score (nSPS) is 31.2. The van der Waals surface area contributed by atoms with Crippen molar-refractivity contribution >= 4 is 12.4 Å². The molecule has 0 aromatic heterocycles. The van der Waals surface area contributed by atoms with Gasteiger partial charge in [0.25, 0.3) is 0 Å². The van der Waals surface area contributed by atoms with Gasteiger partial charge in [0.2, 0.25) is 0 Å². The number of rotatable bonds is 1. The minimum absolute atomic E-state index is 0. The van der Waals surface area contributed by atoms with Crippen molar-refractivity contribution < 1.29 is 0 Å². The highest BCUT2D eigenvalue weighted by Gasteiger charge is 2.39. The Kier molecular flexibility index (Phi) is 3.59. The van der Waals surface area contributed by atoms with Crippen molar-refractivity contribution in [3.63, 3.8) is 0 Å². The predicted molar refractivity (Wildman–Crippen MR) is 65.6 cm³/mol. The summed E-state index contributed by atoms with van der Waals surface area (Å²) in [5.74, 6) is 0. The maximum Gasteiger partial charge on any atom is 0.00964 e. The first-order chi connectivity index (χ1) is 6.88. The molecular formula is C12H23ClN2. The highest BCUT2D eigenvalue weighted by atomic mass is 35.5. The van der Waals surface area contributed by atoms with Crippen molar-refractivity contribution in [2.45, 2.75) is 44.6 Å². The van der Waals surface area contributed by atoms with E-state index in [2.05, 4.69) is 10.2 Å². The average molecular weight is 231 g/mol. The van der Waals surface area contributed by atoms with E-state index in [-0.39, 0.29) is 12.4 Å². The van der Waals surface area contributed by atoms with Gasteiger partial charge in [0.1, 0.15) is 0 Å². The van der Waals surface area contributed by atoms with E-state index in [1.54, 1.807) is 0 Å². The molecule has 0 radical (unpaired) electrons. The van der Waals surface area contributed by atoms with Gasteiger partial charge in [0.15, 0.2) is 0 Å². The topological polar surface area (TPSA) is 15.3 Å². The van der Waals surface area contributed by atoms with Crippen LogP contribution >= 0.6 is 12.4 Å². The second-order valence-corrected chi connectivity index (χ2v) is 5.52. The number of hydrogen-bond acceptors (Lipinski definition) is 2. The molecule has 2 heterocycles. The molecule has 3 rings (SSSR count). The maximum atomic E-state index is 3.49. The molecule has 3 fully saturated rings. The molecular weight excluding hydrogens is 208 g/mol. The quantitative estimate of drug-likeness (QED) is 0.742. The summed E-state index contributed by atoms with van der Waals surface area (Å²) in [5.41, 5.74) is 0.747. The second-order valence-electron chi connectivity index (χ2n) is 5.52. The van der Waals surface area contributed by atoms with E-state index < -0.39 is 0 Å². The predicted octanol–water partition coefficient (Wildman–Crippen LogP) is 2.04.